The van der Waals surface area contributed by atoms with Gasteiger partial charge in [0.25, 0.3) is 0 Å². The summed E-state index contributed by atoms with van der Waals surface area (Å²) in [6.45, 7) is 5.94. The molecule has 7 nitrogen and oxygen atoms in total. The maximum absolute atomic E-state index is 12.4. The van der Waals surface area contributed by atoms with Gasteiger partial charge in [0.1, 0.15) is 13.2 Å². The number of thioether (sulfide) groups is 1. The van der Waals surface area contributed by atoms with Crippen molar-refractivity contribution in [3.05, 3.63) is 18.2 Å². The predicted octanol–water partition coefficient (Wildman–Crippen LogP) is 3.64. The molecule has 26 heavy (non-hydrogen) atoms. The number of hydrogen-bond acceptors (Lipinski definition) is 8. The van der Waals surface area contributed by atoms with E-state index in [1.807, 2.05) is 13.0 Å². The average Bonchev–Trinajstić information content (AvgIpc) is 3.09. The van der Waals surface area contributed by atoms with Crippen LogP contribution in [0.4, 0.5) is 10.8 Å². The Kier molecular flexibility index (Phi) is 6.56. The van der Waals surface area contributed by atoms with Gasteiger partial charge in [-0.25, -0.2) is 0 Å². The first kappa shape index (κ1) is 18.8. The highest BCUT2D eigenvalue weighted by Crippen LogP contribution is 2.33. The topological polar surface area (TPSA) is 85.4 Å². The lowest BCUT2D eigenvalue weighted by molar-refractivity contribution is -0.115. The van der Waals surface area contributed by atoms with Crippen molar-refractivity contribution in [2.45, 2.75) is 36.3 Å². The number of anilines is 2. The third-order valence-corrected chi connectivity index (χ3v) is 5.73. The highest BCUT2D eigenvalue weighted by atomic mass is 32.2. The van der Waals surface area contributed by atoms with Crippen molar-refractivity contribution in [2.75, 3.05) is 30.4 Å². The Morgan fingerprint density at radius 3 is 2.92 bits per heavy atom. The summed E-state index contributed by atoms with van der Waals surface area (Å²) in [5.41, 5.74) is 0.686. The molecular weight excluding hydrogens is 372 g/mol. The smallest absolute Gasteiger partial charge is 0.237 e. The summed E-state index contributed by atoms with van der Waals surface area (Å²) in [4.78, 5) is 12.4. The lowest BCUT2D eigenvalue weighted by Crippen LogP contribution is -2.22. The quantitative estimate of drug-likeness (QED) is 0.522. The van der Waals surface area contributed by atoms with Crippen LogP contribution in [0, 0.1) is 0 Å². The minimum Gasteiger partial charge on any atom is -0.486 e. The van der Waals surface area contributed by atoms with Crippen molar-refractivity contribution < 1.29 is 14.3 Å². The van der Waals surface area contributed by atoms with Gasteiger partial charge >= 0.3 is 0 Å². The summed E-state index contributed by atoms with van der Waals surface area (Å²) in [6.07, 6.45) is 2.22. The molecule has 0 fully saturated rings. The summed E-state index contributed by atoms with van der Waals surface area (Å²) < 4.78 is 11.8. The van der Waals surface area contributed by atoms with Gasteiger partial charge in [-0.05, 0) is 25.5 Å². The molecule has 1 amide bonds. The molecule has 0 spiro atoms. The molecule has 0 bridgehead atoms. The van der Waals surface area contributed by atoms with Gasteiger partial charge in [-0.2, -0.15) is 0 Å². The van der Waals surface area contributed by atoms with Crippen LogP contribution in [0.5, 0.6) is 11.5 Å². The minimum atomic E-state index is -0.292. The van der Waals surface area contributed by atoms with Crippen molar-refractivity contribution >= 4 is 39.8 Å². The molecule has 140 valence electrons. The van der Waals surface area contributed by atoms with E-state index in [1.54, 1.807) is 12.1 Å². The molecule has 1 unspecified atom stereocenters. The van der Waals surface area contributed by atoms with Gasteiger partial charge in [0.15, 0.2) is 15.8 Å². The summed E-state index contributed by atoms with van der Waals surface area (Å²) in [6, 6.07) is 5.40. The molecule has 1 aromatic heterocycles. The zero-order chi connectivity index (χ0) is 18.4. The highest BCUT2D eigenvalue weighted by Gasteiger charge is 2.19. The van der Waals surface area contributed by atoms with Gasteiger partial charge in [0.05, 0.1) is 5.25 Å². The van der Waals surface area contributed by atoms with E-state index in [-0.39, 0.29) is 11.2 Å². The molecule has 0 aliphatic carbocycles. The highest BCUT2D eigenvalue weighted by molar-refractivity contribution is 8.02. The Bertz CT molecular complexity index is 753. The second-order valence-corrected chi connectivity index (χ2v) is 8.33. The van der Waals surface area contributed by atoms with E-state index >= 15 is 0 Å². The van der Waals surface area contributed by atoms with Crippen molar-refractivity contribution in [3.8, 4) is 11.5 Å². The largest absolute Gasteiger partial charge is 0.486 e. The van der Waals surface area contributed by atoms with E-state index in [0.29, 0.717) is 30.4 Å². The monoisotopic (exact) mass is 394 g/mol. The number of ether oxygens (including phenoxy) is 2. The van der Waals surface area contributed by atoms with Gasteiger partial charge in [-0.15, -0.1) is 10.2 Å². The number of carbonyl (C=O) groups excluding carboxylic acids is 1. The zero-order valence-corrected chi connectivity index (χ0v) is 16.4. The van der Waals surface area contributed by atoms with Crippen LogP contribution in [0.3, 0.4) is 0 Å². The molecule has 9 heteroatoms. The van der Waals surface area contributed by atoms with Gasteiger partial charge in [-0.1, -0.05) is 36.4 Å². The molecule has 0 saturated heterocycles. The number of nitrogens with one attached hydrogen (secondary N) is 2. The molecular formula is C17H22N4O3S2. The van der Waals surface area contributed by atoms with Gasteiger partial charge in [-0.3, -0.25) is 4.79 Å². The first-order chi connectivity index (χ1) is 12.7. The number of fused-ring (bicyclic) bond motifs is 1. The lowest BCUT2D eigenvalue weighted by atomic mass is 10.2. The van der Waals surface area contributed by atoms with Gasteiger partial charge in [0.2, 0.25) is 11.0 Å². The second kappa shape index (κ2) is 9.09. The molecule has 1 aromatic carbocycles. The molecule has 1 aliphatic heterocycles. The number of unbranched alkanes of at least 4 members (excludes halogenated alkanes) is 1. The third kappa shape index (κ3) is 5.01. The van der Waals surface area contributed by atoms with Gasteiger partial charge < -0.3 is 20.1 Å². The Balaban J connectivity index is 1.53. The first-order valence-corrected chi connectivity index (χ1v) is 10.3. The normalized spacial score (nSPS) is 13.9. The summed E-state index contributed by atoms with van der Waals surface area (Å²) in [5, 5.41) is 14.9. The maximum Gasteiger partial charge on any atom is 0.237 e. The zero-order valence-electron chi connectivity index (χ0n) is 14.8. The van der Waals surface area contributed by atoms with E-state index < -0.39 is 0 Å². The van der Waals surface area contributed by atoms with Crippen LogP contribution < -0.4 is 20.1 Å². The van der Waals surface area contributed by atoms with E-state index in [9.17, 15) is 4.79 Å². The fourth-order valence-corrected chi connectivity index (χ4v) is 4.19. The van der Waals surface area contributed by atoms with Crippen LogP contribution in [-0.2, 0) is 4.79 Å². The van der Waals surface area contributed by atoms with Gasteiger partial charge in [0, 0.05) is 18.3 Å². The van der Waals surface area contributed by atoms with Crippen LogP contribution in [-0.4, -0.2) is 41.1 Å². The molecule has 3 rings (SSSR count). The molecule has 2 heterocycles. The number of nitrogens with zero attached hydrogens (tertiary/aromatic N) is 2. The summed E-state index contributed by atoms with van der Waals surface area (Å²) in [5.74, 6) is 1.26. The SMILES string of the molecule is CCCCNc1nnc(SC(C)C(=O)Nc2ccc3c(c2)OCCO3)s1. The Morgan fingerprint density at radius 2 is 2.12 bits per heavy atom. The van der Waals surface area contributed by atoms with Crippen molar-refractivity contribution in [3.63, 3.8) is 0 Å². The summed E-state index contributed by atoms with van der Waals surface area (Å²) >= 11 is 2.86. The Hall–Kier alpha value is -2.00. The number of carbonyl (C=O) groups is 1. The van der Waals surface area contributed by atoms with Crippen LogP contribution in [0.2, 0.25) is 0 Å². The second-order valence-electron chi connectivity index (χ2n) is 5.76. The number of rotatable bonds is 8. The number of benzene rings is 1. The minimum absolute atomic E-state index is 0.0950. The molecule has 0 radical (unpaired) electrons. The molecule has 1 aliphatic rings. The predicted molar refractivity (Wildman–Crippen MR) is 105 cm³/mol. The van der Waals surface area contributed by atoms with E-state index in [1.165, 1.54) is 23.1 Å². The van der Waals surface area contributed by atoms with Crippen molar-refractivity contribution in [1.82, 2.24) is 10.2 Å². The van der Waals surface area contributed by atoms with E-state index in [4.69, 9.17) is 9.47 Å². The van der Waals surface area contributed by atoms with Crippen LogP contribution in [0.25, 0.3) is 0 Å². The van der Waals surface area contributed by atoms with Crippen LogP contribution >= 0.6 is 23.1 Å². The Morgan fingerprint density at radius 1 is 1.31 bits per heavy atom. The Labute approximate surface area is 160 Å². The fourth-order valence-electron chi connectivity index (χ4n) is 2.27. The van der Waals surface area contributed by atoms with Crippen LogP contribution in [0.15, 0.2) is 22.5 Å². The fraction of sp³-hybridized carbons (Fsp3) is 0.471. The van der Waals surface area contributed by atoms with E-state index in [0.717, 1.165) is 28.9 Å². The molecule has 0 saturated carbocycles. The lowest BCUT2D eigenvalue weighted by Gasteiger charge is -2.19. The molecule has 2 aromatic rings. The summed E-state index contributed by atoms with van der Waals surface area (Å²) in [7, 11) is 0. The standard InChI is InChI=1S/C17H22N4O3S2/c1-3-4-7-18-16-20-21-17(26-16)25-11(2)15(22)19-12-5-6-13-14(10-12)24-9-8-23-13/h5-6,10-11H,3-4,7-9H2,1-2H3,(H,18,20)(H,19,22). The van der Waals surface area contributed by atoms with Crippen LogP contribution in [0.1, 0.15) is 26.7 Å². The molecule has 2 N–H and O–H groups in total. The number of aromatic nitrogens is 2. The van der Waals surface area contributed by atoms with Crippen molar-refractivity contribution in [2.24, 2.45) is 0 Å². The van der Waals surface area contributed by atoms with Crippen molar-refractivity contribution in [1.29, 1.82) is 0 Å². The first-order valence-electron chi connectivity index (χ1n) is 8.60. The average molecular weight is 395 g/mol. The number of amides is 1. The maximum atomic E-state index is 12.4. The molecule has 1 atom stereocenters. The third-order valence-electron chi connectivity index (χ3n) is 3.67. The van der Waals surface area contributed by atoms with E-state index in [2.05, 4.69) is 27.8 Å². The number of hydrogen-bond donors (Lipinski definition) is 2.